The topological polar surface area (TPSA) is 59.3 Å². The monoisotopic (exact) mass is 392 g/mol. The molecule has 3 heterocycles. The minimum absolute atomic E-state index is 0.212. The number of hydrogen-bond donors (Lipinski definition) is 1. The average Bonchev–Trinajstić information content (AvgIpc) is 3.44. The van der Waals surface area contributed by atoms with E-state index in [1.165, 1.54) is 16.9 Å². The molecule has 27 heavy (non-hydrogen) atoms. The molecule has 3 aromatic heterocycles. The van der Waals surface area contributed by atoms with Gasteiger partial charge in [0.1, 0.15) is 5.69 Å². The van der Waals surface area contributed by atoms with Crippen molar-refractivity contribution in [1.82, 2.24) is 15.2 Å². The van der Waals surface area contributed by atoms with Gasteiger partial charge in [-0.1, -0.05) is 42.5 Å². The first-order chi connectivity index (χ1) is 13.3. The van der Waals surface area contributed by atoms with Crippen LogP contribution in [0.2, 0.25) is 0 Å². The second kappa shape index (κ2) is 8.11. The molecule has 134 valence electrons. The molecular weight excluding hydrogens is 376 g/mol. The number of carbonyl (C=O) groups is 1. The second-order valence-electron chi connectivity index (χ2n) is 5.77. The quantitative estimate of drug-likeness (QED) is 0.388. The van der Waals surface area contributed by atoms with E-state index < -0.39 is 0 Å². The summed E-state index contributed by atoms with van der Waals surface area (Å²) in [7, 11) is 0. The van der Waals surface area contributed by atoms with Crippen LogP contribution in [0.5, 0.6) is 0 Å². The highest BCUT2D eigenvalue weighted by Gasteiger charge is 2.11. The Morgan fingerprint density at radius 3 is 2.63 bits per heavy atom. The zero-order valence-electron chi connectivity index (χ0n) is 14.3. The summed E-state index contributed by atoms with van der Waals surface area (Å²) >= 11 is 3.01. The average molecular weight is 393 g/mol. The third kappa shape index (κ3) is 4.21. The van der Waals surface area contributed by atoms with Gasteiger partial charge in [0, 0.05) is 11.8 Å². The molecule has 0 bridgehead atoms. The van der Waals surface area contributed by atoms with E-state index >= 15 is 0 Å². The van der Waals surface area contributed by atoms with Crippen LogP contribution < -0.4 is 5.43 Å². The highest BCUT2D eigenvalue weighted by molar-refractivity contribution is 7.13. The lowest BCUT2D eigenvalue weighted by Gasteiger charge is -2.00. The van der Waals surface area contributed by atoms with Crippen LogP contribution in [0.15, 0.2) is 76.7 Å². The number of carbonyl (C=O) groups excluding carboxylic acids is 1. The van der Waals surface area contributed by atoms with Crippen molar-refractivity contribution >= 4 is 34.8 Å². The number of amides is 1. The van der Waals surface area contributed by atoms with Crippen molar-refractivity contribution in [3.8, 4) is 10.6 Å². The van der Waals surface area contributed by atoms with Crippen molar-refractivity contribution in [3.63, 3.8) is 0 Å². The standard InChI is InChI=1S/C20H16N4OS2/c25-20(18-9-5-11-27-18)22-21-12-16-14-24(13-15-6-2-1-3-7-15)23-19(16)17-8-4-10-26-17/h1-12,14H,13H2,(H,22,25)/b21-12-. The molecule has 0 saturated heterocycles. The Kier molecular flexibility index (Phi) is 5.22. The van der Waals surface area contributed by atoms with Crippen molar-refractivity contribution in [3.05, 3.63) is 87.6 Å². The van der Waals surface area contributed by atoms with Crippen LogP contribution in [-0.4, -0.2) is 21.9 Å². The third-order valence-electron chi connectivity index (χ3n) is 3.85. The van der Waals surface area contributed by atoms with Gasteiger partial charge in [0.25, 0.3) is 5.91 Å². The highest BCUT2D eigenvalue weighted by atomic mass is 32.1. The first-order valence-electron chi connectivity index (χ1n) is 8.32. The molecule has 5 nitrogen and oxygen atoms in total. The smallest absolute Gasteiger partial charge is 0.267 e. The van der Waals surface area contributed by atoms with Gasteiger partial charge < -0.3 is 0 Å². The van der Waals surface area contributed by atoms with Crippen LogP contribution in [0.1, 0.15) is 20.8 Å². The Morgan fingerprint density at radius 1 is 1.07 bits per heavy atom. The molecule has 1 N–H and O–H groups in total. The molecule has 0 radical (unpaired) electrons. The number of nitrogens with zero attached hydrogens (tertiary/aromatic N) is 3. The van der Waals surface area contributed by atoms with Gasteiger partial charge in [-0.05, 0) is 28.5 Å². The molecule has 0 saturated carbocycles. The number of hydrazone groups is 1. The van der Waals surface area contributed by atoms with Gasteiger partial charge in [-0.3, -0.25) is 9.48 Å². The molecule has 1 aromatic carbocycles. The van der Waals surface area contributed by atoms with E-state index in [1.807, 2.05) is 58.0 Å². The fourth-order valence-electron chi connectivity index (χ4n) is 2.61. The summed E-state index contributed by atoms with van der Waals surface area (Å²) in [6.45, 7) is 0.675. The first-order valence-corrected chi connectivity index (χ1v) is 10.1. The molecule has 4 rings (SSSR count). The summed E-state index contributed by atoms with van der Waals surface area (Å²) in [5, 5.41) is 12.7. The number of benzene rings is 1. The highest BCUT2D eigenvalue weighted by Crippen LogP contribution is 2.26. The van der Waals surface area contributed by atoms with E-state index in [-0.39, 0.29) is 5.91 Å². The van der Waals surface area contributed by atoms with Crippen LogP contribution in [-0.2, 0) is 6.54 Å². The van der Waals surface area contributed by atoms with Crippen molar-refractivity contribution < 1.29 is 4.79 Å². The predicted molar refractivity (Wildman–Crippen MR) is 110 cm³/mol. The van der Waals surface area contributed by atoms with Crippen LogP contribution in [0, 0.1) is 0 Å². The van der Waals surface area contributed by atoms with E-state index in [9.17, 15) is 4.79 Å². The molecule has 0 fully saturated rings. The van der Waals surface area contributed by atoms with Gasteiger partial charge in [-0.15, -0.1) is 22.7 Å². The van der Waals surface area contributed by atoms with Gasteiger partial charge in [0.05, 0.1) is 22.5 Å². The maximum absolute atomic E-state index is 12.0. The number of hydrogen-bond acceptors (Lipinski definition) is 5. The molecule has 7 heteroatoms. The Labute approximate surface area is 164 Å². The molecule has 4 aromatic rings. The molecule has 0 aliphatic rings. The lowest BCUT2D eigenvalue weighted by molar-refractivity contribution is 0.0959. The summed E-state index contributed by atoms with van der Waals surface area (Å²) < 4.78 is 1.90. The SMILES string of the molecule is O=C(N/N=C\c1cn(Cc2ccccc2)nc1-c1cccs1)c1cccs1. The van der Waals surface area contributed by atoms with E-state index in [1.54, 1.807) is 23.6 Å². The molecular formula is C20H16N4OS2. The maximum Gasteiger partial charge on any atom is 0.281 e. The van der Waals surface area contributed by atoms with Crippen molar-refractivity contribution in [2.75, 3.05) is 0 Å². The van der Waals surface area contributed by atoms with E-state index in [0.717, 1.165) is 16.1 Å². The van der Waals surface area contributed by atoms with E-state index in [0.29, 0.717) is 11.4 Å². The largest absolute Gasteiger partial charge is 0.281 e. The molecule has 0 aliphatic carbocycles. The summed E-state index contributed by atoms with van der Waals surface area (Å²) in [6.07, 6.45) is 3.60. The maximum atomic E-state index is 12.0. The van der Waals surface area contributed by atoms with Crippen LogP contribution in [0.3, 0.4) is 0 Å². The van der Waals surface area contributed by atoms with Gasteiger partial charge in [-0.2, -0.15) is 10.2 Å². The summed E-state index contributed by atoms with van der Waals surface area (Å²) in [6, 6.07) is 17.8. The minimum Gasteiger partial charge on any atom is -0.267 e. The first kappa shape index (κ1) is 17.4. The molecule has 0 aliphatic heterocycles. The number of thiophene rings is 2. The van der Waals surface area contributed by atoms with E-state index in [2.05, 4.69) is 22.7 Å². The van der Waals surface area contributed by atoms with Crippen molar-refractivity contribution in [1.29, 1.82) is 0 Å². The molecule has 1 amide bonds. The zero-order valence-corrected chi connectivity index (χ0v) is 15.9. The molecule has 0 atom stereocenters. The third-order valence-corrected chi connectivity index (χ3v) is 5.59. The number of rotatable bonds is 6. The van der Waals surface area contributed by atoms with Gasteiger partial charge >= 0.3 is 0 Å². The van der Waals surface area contributed by atoms with E-state index in [4.69, 9.17) is 5.10 Å². The van der Waals surface area contributed by atoms with Crippen molar-refractivity contribution in [2.24, 2.45) is 5.10 Å². The van der Waals surface area contributed by atoms with Crippen LogP contribution >= 0.6 is 22.7 Å². The summed E-state index contributed by atoms with van der Waals surface area (Å²) in [4.78, 5) is 13.7. The lowest BCUT2D eigenvalue weighted by atomic mass is 10.2. The number of nitrogens with one attached hydrogen (secondary N) is 1. The Hall–Kier alpha value is -3.03. The second-order valence-corrected chi connectivity index (χ2v) is 7.67. The Balaban J connectivity index is 1.56. The normalized spacial score (nSPS) is 11.1. The molecule has 0 spiro atoms. The Morgan fingerprint density at radius 2 is 1.89 bits per heavy atom. The van der Waals surface area contributed by atoms with Crippen LogP contribution in [0.25, 0.3) is 10.6 Å². The summed E-state index contributed by atoms with van der Waals surface area (Å²) in [5.41, 5.74) is 5.46. The fraction of sp³-hybridized carbons (Fsp3) is 0.0500. The Bertz CT molecular complexity index is 1040. The van der Waals surface area contributed by atoms with Crippen molar-refractivity contribution in [2.45, 2.75) is 6.54 Å². The fourth-order valence-corrected chi connectivity index (χ4v) is 3.96. The predicted octanol–water partition coefficient (Wildman–Crippen LogP) is 4.49. The minimum atomic E-state index is -0.212. The zero-order chi connectivity index (χ0) is 18.5. The van der Waals surface area contributed by atoms with Gasteiger partial charge in [0.15, 0.2) is 0 Å². The number of aromatic nitrogens is 2. The summed E-state index contributed by atoms with van der Waals surface area (Å²) in [5.74, 6) is -0.212. The van der Waals surface area contributed by atoms with Crippen LogP contribution in [0.4, 0.5) is 0 Å². The molecule has 0 unspecified atom stereocenters. The lowest BCUT2D eigenvalue weighted by Crippen LogP contribution is -2.16. The van der Waals surface area contributed by atoms with Gasteiger partial charge in [0.2, 0.25) is 0 Å². The van der Waals surface area contributed by atoms with Gasteiger partial charge in [-0.25, -0.2) is 5.43 Å².